The van der Waals surface area contributed by atoms with E-state index in [1.807, 2.05) is 6.20 Å². The first kappa shape index (κ1) is 22.8. The predicted octanol–water partition coefficient (Wildman–Crippen LogP) is 7.86. The van der Waals surface area contributed by atoms with Gasteiger partial charge in [-0.05, 0) is 92.4 Å². The van der Waals surface area contributed by atoms with E-state index in [1.165, 1.54) is 64.1 Å². The number of para-hydroxylation sites is 1. The molecule has 0 saturated heterocycles. The van der Waals surface area contributed by atoms with E-state index in [2.05, 4.69) is 79.6 Å². The van der Waals surface area contributed by atoms with Crippen LogP contribution in [0.2, 0.25) is 0 Å². The van der Waals surface area contributed by atoms with E-state index in [1.54, 1.807) is 6.92 Å². The fourth-order valence-corrected chi connectivity index (χ4v) is 6.66. The summed E-state index contributed by atoms with van der Waals surface area (Å²) in [5.41, 5.74) is 10.7. The Kier molecular flexibility index (Phi) is 6.25. The molecule has 34 heavy (non-hydrogen) atoms. The second kappa shape index (κ2) is 9.33. The van der Waals surface area contributed by atoms with Crippen molar-refractivity contribution in [2.75, 3.05) is 0 Å². The molecule has 0 amide bonds. The minimum absolute atomic E-state index is 0.214. The number of Topliss-reactive ketones (excluding diaryl/α,β-unsaturated/α-hetero) is 1. The van der Waals surface area contributed by atoms with Crippen LogP contribution in [-0.4, -0.2) is 16.1 Å². The molecule has 2 heteroatoms. The Morgan fingerprint density at radius 3 is 2.74 bits per heavy atom. The van der Waals surface area contributed by atoms with Crippen LogP contribution in [0.4, 0.5) is 5.69 Å². The van der Waals surface area contributed by atoms with Crippen molar-refractivity contribution in [1.29, 1.82) is 0 Å². The van der Waals surface area contributed by atoms with E-state index < -0.39 is 0 Å². The third-order valence-electron chi connectivity index (χ3n) is 8.50. The molecule has 1 saturated carbocycles. The Balaban J connectivity index is 1.52. The Morgan fingerprint density at radius 1 is 1.15 bits per heavy atom. The lowest BCUT2D eigenvalue weighted by atomic mass is 9.69. The molecule has 2 aliphatic carbocycles. The Bertz CT molecular complexity index is 1240. The molecule has 0 spiro atoms. The van der Waals surface area contributed by atoms with Gasteiger partial charge in [0.15, 0.2) is 11.9 Å². The molecule has 1 aliphatic heterocycles. The second-order valence-corrected chi connectivity index (χ2v) is 10.2. The van der Waals surface area contributed by atoms with Gasteiger partial charge in [-0.1, -0.05) is 49.2 Å². The van der Waals surface area contributed by atoms with E-state index in [0.29, 0.717) is 17.6 Å². The zero-order valence-corrected chi connectivity index (χ0v) is 20.8. The van der Waals surface area contributed by atoms with Crippen molar-refractivity contribution < 1.29 is 9.37 Å². The van der Waals surface area contributed by atoms with Gasteiger partial charge in [-0.3, -0.25) is 4.79 Å². The maximum atomic E-state index is 12.3. The van der Waals surface area contributed by atoms with Crippen LogP contribution in [0.25, 0.3) is 11.6 Å². The topological polar surface area (TPSA) is 20.1 Å². The number of hydrogen-bond acceptors (Lipinski definition) is 1. The minimum atomic E-state index is 0.214. The quantitative estimate of drug-likeness (QED) is 0.425. The summed E-state index contributed by atoms with van der Waals surface area (Å²) in [5, 5.41) is 0. The van der Waals surface area contributed by atoms with Gasteiger partial charge >= 0.3 is 0 Å². The van der Waals surface area contributed by atoms with Gasteiger partial charge in [0.05, 0.1) is 6.42 Å². The standard InChI is InChI=1S/C32H36NO/c1-5-24-19-26(33(6-2)32-13-8-7-10-27(32)21(24)3)17-15-23-14-16-25-20-30(22(4)34)28-11-9-12-29(28)31(25)18-23/h6-8,10,13-18,28-30H,2,5,9,11-12,19-20H2,1,3-4H3/q+1. The molecule has 2 aromatic carbocycles. The Hall–Kier alpha value is -3.00. The van der Waals surface area contributed by atoms with Gasteiger partial charge in [0, 0.05) is 23.6 Å². The van der Waals surface area contributed by atoms with Crippen molar-refractivity contribution in [3.63, 3.8) is 0 Å². The molecule has 2 aromatic rings. The maximum Gasteiger partial charge on any atom is 0.218 e. The number of rotatable bonds is 5. The van der Waals surface area contributed by atoms with Crippen LogP contribution in [0.3, 0.4) is 0 Å². The fourth-order valence-electron chi connectivity index (χ4n) is 6.66. The van der Waals surface area contributed by atoms with Crippen molar-refractivity contribution in [3.8, 4) is 0 Å². The van der Waals surface area contributed by atoms with Gasteiger partial charge in [-0.15, -0.1) is 0 Å². The van der Waals surface area contributed by atoms with Gasteiger partial charge in [0.25, 0.3) is 0 Å². The molecule has 0 N–H and O–H groups in total. The van der Waals surface area contributed by atoms with E-state index in [4.69, 9.17) is 0 Å². The SMILES string of the molecule is C=C[N+]1=C(C=Cc2ccc3c(c2)C2CCCC2C(C(C)=O)C3)CC(CC)=C(C)c2ccccc21. The van der Waals surface area contributed by atoms with Crippen LogP contribution in [0.1, 0.15) is 81.0 Å². The molecule has 5 rings (SSSR count). The third kappa shape index (κ3) is 3.94. The van der Waals surface area contributed by atoms with E-state index in [0.717, 1.165) is 19.3 Å². The summed E-state index contributed by atoms with van der Waals surface area (Å²) < 4.78 is 2.25. The highest BCUT2D eigenvalue weighted by Crippen LogP contribution is 2.49. The molecule has 0 aromatic heterocycles. The van der Waals surface area contributed by atoms with E-state index >= 15 is 0 Å². The molecule has 3 aliphatic rings. The minimum Gasteiger partial charge on any atom is -0.300 e. The maximum absolute atomic E-state index is 12.3. The first-order valence-corrected chi connectivity index (χ1v) is 12.9. The largest absolute Gasteiger partial charge is 0.300 e. The van der Waals surface area contributed by atoms with Gasteiger partial charge in [-0.25, -0.2) is 0 Å². The molecule has 2 nitrogen and oxygen atoms in total. The summed E-state index contributed by atoms with van der Waals surface area (Å²) in [4.78, 5) is 12.3. The molecule has 1 heterocycles. The van der Waals surface area contributed by atoms with Crippen molar-refractivity contribution >= 4 is 28.8 Å². The average Bonchev–Trinajstić information content (AvgIpc) is 3.31. The van der Waals surface area contributed by atoms with Crippen molar-refractivity contribution in [1.82, 2.24) is 0 Å². The number of carbonyl (C=O) groups is 1. The first-order valence-electron chi connectivity index (χ1n) is 12.9. The second-order valence-electron chi connectivity index (χ2n) is 10.2. The fraction of sp³-hybridized carbons (Fsp3) is 0.375. The third-order valence-corrected chi connectivity index (χ3v) is 8.50. The van der Waals surface area contributed by atoms with Gasteiger partial charge < -0.3 is 0 Å². The Labute approximate surface area is 204 Å². The number of benzene rings is 2. The number of allylic oxidation sites excluding steroid dienone is 3. The van der Waals surface area contributed by atoms with Gasteiger partial charge in [0.1, 0.15) is 5.78 Å². The lowest BCUT2D eigenvalue weighted by Crippen LogP contribution is -2.31. The van der Waals surface area contributed by atoms with E-state index in [-0.39, 0.29) is 5.92 Å². The summed E-state index contributed by atoms with van der Waals surface area (Å²) in [5.74, 6) is 1.67. The molecule has 3 unspecified atom stereocenters. The number of carbonyl (C=O) groups excluding carboxylic acids is 1. The van der Waals surface area contributed by atoms with Crippen LogP contribution in [0.5, 0.6) is 0 Å². The average molecular weight is 451 g/mol. The summed E-state index contributed by atoms with van der Waals surface area (Å²) >= 11 is 0. The first-order chi connectivity index (χ1) is 16.5. The number of nitrogens with zero attached hydrogens (tertiary/aromatic N) is 1. The van der Waals surface area contributed by atoms with Crippen LogP contribution < -0.4 is 0 Å². The highest BCUT2D eigenvalue weighted by atomic mass is 16.1. The summed E-state index contributed by atoms with van der Waals surface area (Å²) in [6.45, 7) is 10.4. The monoisotopic (exact) mass is 450 g/mol. The summed E-state index contributed by atoms with van der Waals surface area (Å²) in [7, 11) is 0. The Morgan fingerprint density at radius 2 is 1.97 bits per heavy atom. The van der Waals surface area contributed by atoms with Crippen LogP contribution in [0, 0.1) is 11.8 Å². The molecule has 0 radical (unpaired) electrons. The lowest BCUT2D eigenvalue weighted by molar-refractivity contribution is -0.359. The summed E-state index contributed by atoms with van der Waals surface area (Å²) in [6, 6.07) is 15.5. The highest BCUT2D eigenvalue weighted by molar-refractivity contribution is 5.99. The highest BCUT2D eigenvalue weighted by Gasteiger charge is 2.41. The number of ketones is 1. The summed E-state index contributed by atoms with van der Waals surface area (Å²) in [6.07, 6.45) is 13.0. The molecule has 3 atom stereocenters. The number of fused-ring (bicyclic) bond motifs is 4. The zero-order chi connectivity index (χ0) is 23.8. The van der Waals surface area contributed by atoms with Crippen LogP contribution in [-0.2, 0) is 11.2 Å². The normalized spacial score (nSPS) is 24.0. The molecule has 1 fully saturated rings. The predicted molar refractivity (Wildman–Crippen MR) is 143 cm³/mol. The van der Waals surface area contributed by atoms with Gasteiger partial charge in [-0.2, -0.15) is 4.58 Å². The molecule has 0 bridgehead atoms. The van der Waals surface area contributed by atoms with Gasteiger partial charge in [0.2, 0.25) is 5.69 Å². The van der Waals surface area contributed by atoms with Crippen molar-refractivity contribution in [2.24, 2.45) is 11.8 Å². The molecular formula is C32H36NO+. The smallest absolute Gasteiger partial charge is 0.218 e. The lowest BCUT2D eigenvalue weighted by Gasteiger charge is -2.34. The van der Waals surface area contributed by atoms with Crippen molar-refractivity contribution in [2.45, 2.75) is 65.2 Å². The van der Waals surface area contributed by atoms with Crippen LogP contribution in [0.15, 0.2) is 66.9 Å². The van der Waals surface area contributed by atoms with Crippen molar-refractivity contribution in [3.05, 3.63) is 89.1 Å². The zero-order valence-electron chi connectivity index (χ0n) is 20.8. The van der Waals surface area contributed by atoms with E-state index in [9.17, 15) is 4.79 Å². The van der Waals surface area contributed by atoms with Crippen LogP contribution >= 0.6 is 0 Å². The molecular weight excluding hydrogens is 414 g/mol. The molecule has 174 valence electrons. The number of hydrogen-bond donors (Lipinski definition) is 0.